The molecule has 1 heterocycles. The molecule has 0 bridgehead atoms. The number of nitro groups is 1. The molecule has 2 rings (SSSR count). The molecule has 1 saturated heterocycles. The summed E-state index contributed by atoms with van der Waals surface area (Å²) in [5, 5.41) is 10.7. The molecule has 1 aliphatic rings. The number of anilines is 1. The van der Waals surface area contributed by atoms with Gasteiger partial charge in [0, 0.05) is 17.8 Å². The second kappa shape index (κ2) is 6.74. The van der Waals surface area contributed by atoms with E-state index < -0.39 is 0 Å². The Kier molecular flexibility index (Phi) is 4.97. The van der Waals surface area contributed by atoms with Crippen molar-refractivity contribution in [2.24, 2.45) is 0 Å². The lowest BCUT2D eigenvalue weighted by atomic mass is 10.2. The molecule has 0 N–H and O–H groups in total. The first-order valence-electron chi connectivity index (χ1n) is 7.33. The second-order valence-corrected chi connectivity index (χ2v) is 5.88. The number of benzene rings is 1. The van der Waals surface area contributed by atoms with E-state index in [0.717, 1.165) is 42.9 Å². The van der Waals surface area contributed by atoms with Crippen LogP contribution in [0.5, 0.6) is 0 Å². The molecule has 1 fully saturated rings. The Hall–Kier alpha value is -2.15. The lowest BCUT2D eigenvalue weighted by Gasteiger charge is -2.42. The van der Waals surface area contributed by atoms with Crippen molar-refractivity contribution >= 4 is 17.3 Å². The fraction of sp³-hybridized carbons (Fsp3) is 0.533. The van der Waals surface area contributed by atoms with Gasteiger partial charge in [0.2, 0.25) is 0 Å². The lowest BCUT2D eigenvalue weighted by Crippen LogP contribution is -2.58. The standard InChI is InChI=1S/C15H22N3O4/c1-18(10-7-15(19)22-2)11-8-16(9-12-18)13-3-5-14(6-4-13)17(20)21/h3-6H,7-12H2,1-2H3/q+1. The van der Waals surface area contributed by atoms with Crippen LogP contribution in [0, 0.1) is 10.1 Å². The molecule has 0 aromatic heterocycles. The first-order chi connectivity index (χ1) is 10.4. The van der Waals surface area contributed by atoms with E-state index in [4.69, 9.17) is 4.74 Å². The predicted molar refractivity (Wildman–Crippen MR) is 82.7 cm³/mol. The molecular formula is C15H22N3O4+. The SMILES string of the molecule is COC(=O)CC[N+]1(C)CCN(c2ccc([N+](=O)[O-])cc2)CC1. The normalized spacial score (nSPS) is 17.1. The minimum atomic E-state index is -0.388. The quantitative estimate of drug-likeness (QED) is 0.356. The first-order valence-corrected chi connectivity index (χ1v) is 7.33. The van der Waals surface area contributed by atoms with Crippen molar-refractivity contribution in [3.8, 4) is 0 Å². The van der Waals surface area contributed by atoms with E-state index in [1.165, 1.54) is 19.2 Å². The van der Waals surface area contributed by atoms with Crippen molar-refractivity contribution in [3.05, 3.63) is 34.4 Å². The van der Waals surface area contributed by atoms with Crippen LogP contribution < -0.4 is 4.90 Å². The Bertz CT molecular complexity index is 536. The first kappa shape index (κ1) is 16.2. The van der Waals surface area contributed by atoms with E-state index in [1.54, 1.807) is 12.1 Å². The third-order valence-corrected chi connectivity index (χ3v) is 4.33. The molecule has 1 aromatic carbocycles. The number of rotatable bonds is 5. The van der Waals surface area contributed by atoms with Gasteiger partial charge in [0.25, 0.3) is 5.69 Å². The summed E-state index contributed by atoms with van der Waals surface area (Å²) in [6.45, 7) is 4.40. The summed E-state index contributed by atoms with van der Waals surface area (Å²) in [6.07, 6.45) is 0.435. The van der Waals surface area contributed by atoms with Crippen LogP contribution in [-0.2, 0) is 9.53 Å². The van der Waals surface area contributed by atoms with Crippen LogP contribution in [-0.4, -0.2) is 62.3 Å². The van der Waals surface area contributed by atoms with Crippen molar-refractivity contribution in [1.82, 2.24) is 0 Å². The van der Waals surface area contributed by atoms with Gasteiger partial charge in [0.15, 0.2) is 0 Å². The van der Waals surface area contributed by atoms with E-state index in [-0.39, 0.29) is 16.6 Å². The zero-order valence-corrected chi connectivity index (χ0v) is 13.0. The molecule has 120 valence electrons. The third-order valence-electron chi connectivity index (χ3n) is 4.33. The number of ether oxygens (including phenoxy) is 1. The predicted octanol–water partition coefficient (Wildman–Crippen LogP) is 1.42. The molecule has 7 nitrogen and oxygen atoms in total. The summed E-state index contributed by atoms with van der Waals surface area (Å²) < 4.78 is 5.54. The maximum absolute atomic E-state index is 11.3. The monoisotopic (exact) mass is 308 g/mol. The number of hydrogen-bond acceptors (Lipinski definition) is 5. The Balaban J connectivity index is 1.91. The van der Waals surface area contributed by atoms with Crippen LogP contribution in [0.1, 0.15) is 6.42 Å². The maximum Gasteiger partial charge on any atom is 0.311 e. The van der Waals surface area contributed by atoms with Crippen molar-refractivity contribution in [2.75, 3.05) is 51.8 Å². The molecule has 22 heavy (non-hydrogen) atoms. The van der Waals surface area contributed by atoms with Gasteiger partial charge in [-0.25, -0.2) is 0 Å². The number of nitrogens with zero attached hydrogens (tertiary/aromatic N) is 3. The molecule has 0 radical (unpaired) electrons. The van der Waals surface area contributed by atoms with Gasteiger partial charge in [-0.1, -0.05) is 0 Å². The maximum atomic E-state index is 11.3. The van der Waals surface area contributed by atoms with E-state index >= 15 is 0 Å². The number of non-ortho nitro benzene ring substituents is 1. The number of quaternary nitrogens is 1. The van der Waals surface area contributed by atoms with Crippen LogP contribution in [0.25, 0.3) is 0 Å². The van der Waals surface area contributed by atoms with Crippen molar-refractivity contribution in [2.45, 2.75) is 6.42 Å². The summed E-state index contributed by atoms with van der Waals surface area (Å²) in [5.74, 6) is -0.169. The Morgan fingerprint density at radius 2 is 1.91 bits per heavy atom. The van der Waals surface area contributed by atoms with Crippen LogP contribution in [0.4, 0.5) is 11.4 Å². The average molecular weight is 308 g/mol. The molecule has 1 aliphatic heterocycles. The molecule has 0 saturated carbocycles. The molecule has 7 heteroatoms. The number of nitro benzene ring substituents is 1. The number of carbonyl (C=O) groups is 1. The zero-order chi connectivity index (χ0) is 16.2. The van der Waals surface area contributed by atoms with E-state index in [2.05, 4.69) is 11.9 Å². The van der Waals surface area contributed by atoms with Gasteiger partial charge in [0.05, 0.1) is 58.2 Å². The van der Waals surface area contributed by atoms with E-state index in [0.29, 0.717) is 6.42 Å². The van der Waals surface area contributed by atoms with Gasteiger partial charge in [0.1, 0.15) is 0 Å². The highest BCUT2D eigenvalue weighted by Gasteiger charge is 2.29. The summed E-state index contributed by atoms with van der Waals surface area (Å²) in [7, 11) is 3.56. The fourth-order valence-corrected chi connectivity index (χ4v) is 2.68. The van der Waals surface area contributed by atoms with Gasteiger partial charge in [-0.15, -0.1) is 0 Å². The Labute approximate surface area is 129 Å². The number of esters is 1. The smallest absolute Gasteiger partial charge is 0.311 e. The number of piperazine rings is 1. The van der Waals surface area contributed by atoms with Crippen LogP contribution >= 0.6 is 0 Å². The van der Waals surface area contributed by atoms with Crippen LogP contribution in [0.3, 0.4) is 0 Å². The van der Waals surface area contributed by atoms with Crippen molar-refractivity contribution < 1.29 is 18.9 Å². The van der Waals surface area contributed by atoms with Crippen LogP contribution in [0.15, 0.2) is 24.3 Å². The Morgan fingerprint density at radius 1 is 1.32 bits per heavy atom. The average Bonchev–Trinajstić information content (AvgIpc) is 2.53. The van der Waals surface area contributed by atoms with E-state index in [1.807, 2.05) is 0 Å². The lowest BCUT2D eigenvalue weighted by molar-refractivity contribution is -0.909. The highest BCUT2D eigenvalue weighted by molar-refractivity contribution is 5.69. The fourth-order valence-electron chi connectivity index (χ4n) is 2.68. The number of hydrogen-bond donors (Lipinski definition) is 0. The summed E-state index contributed by atoms with van der Waals surface area (Å²) in [4.78, 5) is 23.8. The minimum absolute atomic E-state index is 0.111. The number of carbonyl (C=O) groups excluding carboxylic acids is 1. The summed E-state index contributed by atoms with van der Waals surface area (Å²) in [6, 6.07) is 6.66. The van der Waals surface area contributed by atoms with Crippen LogP contribution in [0.2, 0.25) is 0 Å². The molecule has 0 aliphatic carbocycles. The third kappa shape index (κ3) is 3.94. The topological polar surface area (TPSA) is 72.7 Å². The number of likely N-dealkylation sites (N-methyl/N-ethyl adjacent to an activating group) is 1. The highest BCUT2D eigenvalue weighted by Crippen LogP contribution is 2.22. The molecule has 0 spiro atoms. The molecule has 0 unspecified atom stereocenters. The van der Waals surface area contributed by atoms with E-state index in [9.17, 15) is 14.9 Å². The van der Waals surface area contributed by atoms with Gasteiger partial charge < -0.3 is 14.1 Å². The molecule has 0 atom stereocenters. The van der Waals surface area contributed by atoms with Gasteiger partial charge >= 0.3 is 5.97 Å². The molecular weight excluding hydrogens is 286 g/mol. The second-order valence-electron chi connectivity index (χ2n) is 5.88. The van der Waals surface area contributed by atoms with Gasteiger partial charge in [-0.3, -0.25) is 14.9 Å². The van der Waals surface area contributed by atoms with Crippen molar-refractivity contribution in [1.29, 1.82) is 0 Å². The molecule has 0 amide bonds. The molecule has 1 aromatic rings. The largest absolute Gasteiger partial charge is 0.469 e. The van der Waals surface area contributed by atoms with Gasteiger partial charge in [-0.05, 0) is 12.1 Å². The summed E-state index contributed by atoms with van der Waals surface area (Å²) in [5.41, 5.74) is 1.12. The minimum Gasteiger partial charge on any atom is -0.469 e. The highest BCUT2D eigenvalue weighted by atomic mass is 16.6. The summed E-state index contributed by atoms with van der Waals surface area (Å²) >= 11 is 0. The van der Waals surface area contributed by atoms with Crippen molar-refractivity contribution in [3.63, 3.8) is 0 Å². The zero-order valence-electron chi connectivity index (χ0n) is 13.0. The Morgan fingerprint density at radius 3 is 2.41 bits per heavy atom. The number of methoxy groups -OCH3 is 1. The van der Waals surface area contributed by atoms with Gasteiger partial charge in [-0.2, -0.15) is 0 Å².